The molecule has 246 valence electrons. The Labute approximate surface area is 265 Å². The van der Waals surface area contributed by atoms with E-state index in [1.54, 1.807) is 24.3 Å². The van der Waals surface area contributed by atoms with Gasteiger partial charge in [-0.05, 0) is 67.5 Å². The molecule has 1 saturated carbocycles. The highest BCUT2D eigenvalue weighted by molar-refractivity contribution is 5.91. The van der Waals surface area contributed by atoms with Gasteiger partial charge in [0.15, 0.2) is 11.6 Å². The van der Waals surface area contributed by atoms with Crippen LogP contribution in [0, 0.1) is 23.5 Å². The molecule has 2 aromatic rings. The summed E-state index contributed by atoms with van der Waals surface area (Å²) < 4.78 is 46.0. The van der Waals surface area contributed by atoms with Gasteiger partial charge in [-0.1, -0.05) is 117 Å². The summed E-state index contributed by atoms with van der Waals surface area (Å²) in [4.78, 5) is 12.6. The Morgan fingerprint density at radius 3 is 1.77 bits per heavy atom. The molecule has 1 aliphatic carbocycles. The molecule has 0 spiro atoms. The third-order valence-electron chi connectivity index (χ3n) is 9.01. The molecule has 3 rings (SSSR count). The van der Waals surface area contributed by atoms with E-state index in [1.165, 1.54) is 108 Å². The monoisotopic (exact) mass is 614 g/mol. The standard InChI is InChI=1S/C38H56F2O4/c1-3-5-7-8-9-10-11-12-14-28-43-35-27-26-34(36(39)37(35)40)38(41)44-33-24-22-32(23-25-33)42-29-15-17-31-20-18-30(19-21-31)16-13-6-4-2/h22-27,30-31H,3-21,28-29H2,1-2H3. The highest BCUT2D eigenvalue weighted by Gasteiger charge is 2.22. The normalized spacial score (nSPS) is 16.5. The number of benzene rings is 2. The average molecular weight is 615 g/mol. The second-order valence-corrected chi connectivity index (χ2v) is 12.7. The molecule has 44 heavy (non-hydrogen) atoms. The van der Waals surface area contributed by atoms with Gasteiger partial charge >= 0.3 is 5.97 Å². The molecule has 0 radical (unpaired) electrons. The Morgan fingerprint density at radius 1 is 0.614 bits per heavy atom. The minimum atomic E-state index is -1.26. The van der Waals surface area contributed by atoms with E-state index in [2.05, 4.69) is 13.8 Å². The lowest BCUT2D eigenvalue weighted by Crippen LogP contribution is -2.15. The molecule has 0 aliphatic heterocycles. The second-order valence-electron chi connectivity index (χ2n) is 12.7. The Balaban J connectivity index is 1.32. The molecule has 0 saturated heterocycles. The van der Waals surface area contributed by atoms with E-state index in [9.17, 15) is 13.6 Å². The summed E-state index contributed by atoms with van der Waals surface area (Å²) in [6, 6.07) is 9.16. The number of halogens is 2. The number of esters is 1. The first-order valence-electron chi connectivity index (χ1n) is 17.6. The van der Waals surface area contributed by atoms with Crippen LogP contribution < -0.4 is 14.2 Å². The Kier molecular flexibility index (Phi) is 17.2. The molecule has 0 bridgehead atoms. The third-order valence-corrected chi connectivity index (χ3v) is 9.01. The highest BCUT2D eigenvalue weighted by Crippen LogP contribution is 2.34. The fraction of sp³-hybridized carbons (Fsp3) is 0.658. The summed E-state index contributed by atoms with van der Waals surface area (Å²) in [7, 11) is 0. The van der Waals surface area contributed by atoms with Crippen molar-refractivity contribution in [2.45, 2.75) is 136 Å². The van der Waals surface area contributed by atoms with Gasteiger partial charge in [-0.15, -0.1) is 0 Å². The third kappa shape index (κ3) is 13.2. The zero-order valence-electron chi connectivity index (χ0n) is 27.4. The molecular weight excluding hydrogens is 558 g/mol. The summed E-state index contributed by atoms with van der Waals surface area (Å²) in [5.74, 6) is -0.892. The smallest absolute Gasteiger partial charge is 0.346 e. The molecule has 0 aromatic heterocycles. The number of carbonyl (C=O) groups excluding carboxylic acids is 1. The Hall–Kier alpha value is -2.63. The molecule has 6 heteroatoms. The number of hydrogen-bond donors (Lipinski definition) is 0. The molecule has 1 fully saturated rings. The van der Waals surface area contributed by atoms with Crippen LogP contribution in [-0.2, 0) is 0 Å². The van der Waals surface area contributed by atoms with Gasteiger partial charge in [0.1, 0.15) is 11.5 Å². The molecule has 1 aliphatic rings. The minimum Gasteiger partial charge on any atom is -0.494 e. The number of ether oxygens (including phenoxy) is 3. The van der Waals surface area contributed by atoms with Crippen LogP contribution in [-0.4, -0.2) is 19.2 Å². The lowest BCUT2D eigenvalue weighted by Gasteiger charge is -2.28. The largest absolute Gasteiger partial charge is 0.494 e. The van der Waals surface area contributed by atoms with Crippen LogP contribution in [0.3, 0.4) is 0 Å². The van der Waals surface area contributed by atoms with Crippen molar-refractivity contribution in [2.24, 2.45) is 11.8 Å². The number of rotatable bonds is 22. The van der Waals surface area contributed by atoms with Gasteiger partial charge in [-0.2, -0.15) is 4.39 Å². The summed E-state index contributed by atoms with van der Waals surface area (Å²) in [6.45, 7) is 5.44. The van der Waals surface area contributed by atoms with Gasteiger partial charge in [-0.25, -0.2) is 9.18 Å². The quantitative estimate of drug-likeness (QED) is 0.0752. The van der Waals surface area contributed by atoms with Crippen LogP contribution in [0.2, 0.25) is 0 Å². The van der Waals surface area contributed by atoms with E-state index < -0.39 is 23.2 Å². The molecule has 0 unspecified atom stereocenters. The predicted molar refractivity (Wildman–Crippen MR) is 175 cm³/mol. The molecule has 2 aromatic carbocycles. The van der Waals surface area contributed by atoms with Crippen molar-refractivity contribution in [3.05, 3.63) is 53.6 Å². The van der Waals surface area contributed by atoms with Crippen molar-refractivity contribution in [1.29, 1.82) is 0 Å². The topological polar surface area (TPSA) is 44.8 Å². The minimum absolute atomic E-state index is 0.185. The number of unbranched alkanes of at least 4 members (excludes halogenated alkanes) is 10. The van der Waals surface area contributed by atoms with E-state index in [1.807, 2.05) is 0 Å². The van der Waals surface area contributed by atoms with E-state index >= 15 is 0 Å². The van der Waals surface area contributed by atoms with E-state index in [0.29, 0.717) is 19.0 Å². The van der Waals surface area contributed by atoms with Crippen LogP contribution in [0.15, 0.2) is 36.4 Å². The maximum atomic E-state index is 14.7. The number of carbonyl (C=O) groups is 1. The Bertz CT molecular complexity index is 1060. The summed E-state index contributed by atoms with van der Waals surface area (Å²) in [5, 5.41) is 0. The average Bonchev–Trinajstić information content (AvgIpc) is 3.03. The van der Waals surface area contributed by atoms with Crippen molar-refractivity contribution in [1.82, 2.24) is 0 Å². The second kappa shape index (κ2) is 21.2. The lowest BCUT2D eigenvalue weighted by atomic mass is 9.78. The summed E-state index contributed by atoms with van der Waals surface area (Å²) in [5.41, 5.74) is -0.465. The van der Waals surface area contributed by atoms with Crippen molar-refractivity contribution in [3.8, 4) is 17.2 Å². The van der Waals surface area contributed by atoms with Crippen molar-refractivity contribution in [2.75, 3.05) is 13.2 Å². The van der Waals surface area contributed by atoms with Crippen LogP contribution in [0.4, 0.5) is 8.78 Å². The van der Waals surface area contributed by atoms with Crippen LogP contribution >= 0.6 is 0 Å². The van der Waals surface area contributed by atoms with Gasteiger partial charge in [0.05, 0.1) is 18.8 Å². The lowest BCUT2D eigenvalue weighted by molar-refractivity contribution is 0.0728. The van der Waals surface area contributed by atoms with Gasteiger partial charge in [0.25, 0.3) is 0 Å². The van der Waals surface area contributed by atoms with Crippen molar-refractivity contribution >= 4 is 5.97 Å². The number of hydrogen-bond acceptors (Lipinski definition) is 4. The first-order chi connectivity index (χ1) is 21.5. The maximum Gasteiger partial charge on any atom is 0.346 e. The molecular formula is C38H56F2O4. The molecule has 0 heterocycles. The maximum absolute atomic E-state index is 14.7. The molecule has 0 N–H and O–H groups in total. The van der Waals surface area contributed by atoms with Gasteiger partial charge in [0, 0.05) is 0 Å². The van der Waals surface area contributed by atoms with Gasteiger partial charge in [-0.3, -0.25) is 0 Å². The highest BCUT2D eigenvalue weighted by atomic mass is 19.2. The first kappa shape index (κ1) is 35.8. The van der Waals surface area contributed by atoms with Crippen LogP contribution in [0.5, 0.6) is 17.2 Å². The van der Waals surface area contributed by atoms with Crippen molar-refractivity contribution in [3.63, 3.8) is 0 Å². The van der Waals surface area contributed by atoms with E-state index in [4.69, 9.17) is 14.2 Å². The Morgan fingerprint density at radius 2 is 1.14 bits per heavy atom. The zero-order valence-corrected chi connectivity index (χ0v) is 27.4. The predicted octanol–water partition coefficient (Wildman–Crippen LogP) is 11.6. The van der Waals surface area contributed by atoms with Gasteiger partial charge < -0.3 is 14.2 Å². The van der Waals surface area contributed by atoms with Gasteiger partial charge in [0.2, 0.25) is 5.82 Å². The van der Waals surface area contributed by atoms with Crippen molar-refractivity contribution < 1.29 is 27.8 Å². The first-order valence-corrected chi connectivity index (χ1v) is 17.6. The van der Waals surface area contributed by atoms with E-state index in [0.717, 1.165) is 37.5 Å². The van der Waals surface area contributed by atoms with E-state index in [-0.39, 0.29) is 11.5 Å². The molecule has 4 nitrogen and oxygen atoms in total. The summed E-state index contributed by atoms with van der Waals surface area (Å²) >= 11 is 0. The zero-order chi connectivity index (χ0) is 31.4. The fourth-order valence-electron chi connectivity index (χ4n) is 6.22. The molecule has 0 amide bonds. The van der Waals surface area contributed by atoms with Crippen LogP contribution in [0.1, 0.15) is 146 Å². The van der Waals surface area contributed by atoms with Crippen LogP contribution in [0.25, 0.3) is 0 Å². The summed E-state index contributed by atoms with van der Waals surface area (Å²) in [6.07, 6.45) is 23.6. The fourth-order valence-corrected chi connectivity index (χ4v) is 6.22. The molecule has 0 atom stereocenters. The SMILES string of the molecule is CCCCCCCCCCCOc1ccc(C(=O)Oc2ccc(OCCCC3CCC(CCCCC)CC3)cc2)c(F)c1F.